The lowest BCUT2D eigenvalue weighted by Crippen LogP contribution is -2.07. The van der Waals surface area contributed by atoms with E-state index in [-0.39, 0.29) is 5.75 Å². The van der Waals surface area contributed by atoms with Gasteiger partial charge in [-0.2, -0.15) is 0 Å². The second-order valence-electron chi connectivity index (χ2n) is 3.12. The van der Waals surface area contributed by atoms with Crippen LogP contribution in [0.1, 0.15) is 0 Å². The Morgan fingerprint density at radius 2 is 2.00 bits per heavy atom. The van der Waals surface area contributed by atoms with Gasteiger partial charge in [0.2, 0.25) is 10.0 Å². The van der Waals surface area contributed by atoms with Gasteiger partial charge in [0.25, 0.3) is 0 Å². The summed E-state index contributed by atoms with van der Waals surface area (Å²) >= 11 is 0. The van der Waals surface area contributed by atoms with Crippen LogP contribution in [0.2, 0.25) is 0 Å². The summed E-state index contributed by atoms with van der Waals surface area (Å²) < 4.78 is 23.7. The van der Waals surface area contributed by atoms with Crippen LogP contribution in [-0.2, 0) is 10.0 Å². The third kappa shape index (κ3) is 1.35. The number of hydrogen-bond donors (Lipinski definition) is 1. The fourth-order valence-electron chi connectivity index (χ4n) is 1.38. The van der Waals surface area contributed by atoms with Gasteiger partial charge in [-0.15, -0.1) is 0 Å². The summed E-state index contributed by atoms with van der Waals surface area (Å²) in [7, 11) is -3.30. The Kier molecular flexibility index (Phi) is 1.78. The highest BCUT2D eigenvalue weighted by Gasteiger charge is 2.09. The molecule has 0 aliphatic carbocycles. The first-order chi connectivity index (χ1) is 6.48. The number of phenolic OH excluding ortho intramolecular Hbond substituents is 1. The molecule has 0 aliphatic rings. The number of aromatic nitrogens is 1. The summed E-state index contributed by atoms with van der Waals surface area (Å²) in [5.74, 6) is 0.0566. The predicted octanol–water partition coefficient (Wildman–Crippen LogP) is 1.15. The first kappa shape index (κ1) is 9.08. The van der Waals surface area contributed by atoms with Crippen molar-refractivity contribution in [1.29, 1.82) is 0 Å². The highest BCUT2D eigenvalue weighted by molar-refractivity contribution is 7.89. The molecule has 0 saturated heterocycles. The van der Waals surface area contributed by atoms with E-state index in [1.54, 1.807) is 12.1 Å². The van der Waals surface area contributed by atoms with Crippen LogP contribution in [0.25, 0.3) is 10.9 Å². The van der Waals surface area contributed by atoms with Crippen LogP contribution in [0.15, 0.2) is 30.5 Å². The molecule has 5 heteroatoms. The summed E-state index contributed by atoms with van der Waals surface area (Å²) in [6, 6.07) is 6.31. The Morgan fingerprint density at radius 1 is 1.29 bits per heavy atom. The zero-order valence-corrected chi connectivity index (χ0v) is 8.32. The molecule has 74 valence electrons. The Morgan fingerprint density at radius 3 is 2.64 bits per heavy atom. The molecule has 0 saturated carbocycles. The van der Waals surface area contributed by atoms with Crippen molar-refractivity contribution in [3.05, 3.63) is 30.5 Å². The first-order valence-corrected chi connectivity index (χ1v) is 5.84. The topological polar surface area (TPSA) is 59.3 Å². The van der Waals surface area contributed by atoms with Gasteiger partial charge in [0.05, 0.1) is 11.8 Å². The fraction of sp³-hybridized carbons (Fsp3) is 0.111. The summed E-state index contributed by atoms with van der Waals surface area (Å²) in [5.41, 5.74) is 0.493. The molecule has 0 fully saturated rings. The molecule has 0 aliphatic heterocycles. The number of hydrogen-bond acceptors (Lipinski definition) is 3. The lowest BCUT2D eigenvalue weighted by atomic mass is 10.2. The number of phenols is 1. The molecule has 0 radical (unpaired) electrons. The van der Waals surface area contributed by atoms with Gasteiger partial charge in [-0.25, -0.2) is 12.4 Å². The van der Waals surface area contributed by atoms with Gasteiger partial charge >= 0.3 is 0 Å². The van der Waals surface area contributed by atoms with E-state index >= 15 is 0 Å². The van der Waals surface area contributed by atoms with Crippen LogP contribution >= 0.6 is 0 Å². The van der Waals surface area contributed by atoms with E-state index in [0.29, 0.717) is 5.52 Å². The van der Waals surface area contributed by atoms with E-state index in [4.69, 9.17) is 0 Å². The number of rotatable bonds is 1. The van der Waals surface area contributed by atoms with Crippen molar-refractivity contribution in [1.82, 2.24) is 3.97 Å². The van der Waals surface area contributed by atoms with Gasteiger partial charge in [0.1, 0.15) is 5.75 Å². The average molecular weight is 211 g/mol. The Bertz CT molecular complexity index is 583. The minimum absolute atomic E-state index is 0.0566. The summed E-state index contributed by atoms with van der Waals surface area (Å²) in [6.07, 6.45) is 2.59. The molecule has 0 bridgehead atoms. The maximum atomic E-state index is 11.3. The molecule has 1 aromatic carbocycles. The van der Waals surface area contributed by atoms with Gasteiger partial charge in [0.15, 0.2) is 0 Å². The SMILES string of the molecule is CS(=O)(=O)n1ccc2ccc(O)cc21. The van der Waals surface area contributed by atoms with Crippen molar-refractivity contribution in [3.63, 3.8) is 0 Å². The van der Waals surface area contributed by atoms with Crippen LogP contribution in [0.4, 0.5) is 0 Å². The smallest absolute Gasteiger partial charge is 0.236 e. The van der Waals surface area contributed by atoms with Gasteiger partial charge in [-0.05, 0) is 18.2 Å². The molecule has 14 heavy (non-hydrogen) atoms. The van der Waals surface area contributed by atoms with Crippen LogP contribution in [0.3, 0.4) is 0 Å². The van der Waals surface area contributed by atoms with Crippen molar-refractivity contribution in [3.8, 4) is 5.75 Å². The van der Waals surface area contributed by atoms with Crippen molar-refractivity contribution in [2.75, 3.05) is 6.26 Å². The minimum Gasteiger partial charge on any atom is -0.508 e. The van der Waals surface area contributed by atoms with E-state index in [1.165, 1.54) is 18.3 Å². The molecule has 1 N–H and O–H groups in total. The van der Waals surface area contributed by atoms with Gasteiger partial charge < -0.3 is 5.11 Å². The van der Waals surface area contributed by atoms with Crippen LogP contribution < -0.4 is 0 Å². The van der Waals surface area contributed by atoms with Gasteiger partial charge in [-0.1, -0.05) is 0 Å². The standard InChI is InChI=1S/C9H9NO3S/c1-14(12,13)10-5-4-7-2-3-8(11)6-9(7)10/h2-6,11H,1H3. The normalized spacial score (nSPS) is 12.1. The molecule has 0 atom stereocenters. The highest BCUT2D eigenvalue weighted by Crippen LogP contribution is 2.21. The molecule has 1 aromatic heterocycles. The van der Waals surface area contributed by atoms with Crippen molar-refractivity contribution in [2.45, 2.75) is 0 Å². The average Bonchev–Trinajstić information content (AvgIpc) is 2.45. The van der Waals surface area contributed by atoms with Crippen molar-refractivity contribution < 1.29 is 13.5 Å². The summed E-state index contributed by atoms with van der Waals surface area (Å²) in [5, 5.41) is 10.0. The van der Waals surface area contributed by atoms with Gasteiger partial charge in [0, 0.05) is 17.6 Å². The predicted molar refractivity (Wildman–Crippen MR) is 53.8 cm³/mol. The van der Waals surface area contributed by atoms with E-state index < -0.39 is 10.0 Å². The monoisotopic (exact) mass is 211 g/mol. The zero-order chi connectivity index (χ0) is 10.3. The minimum atomic E-state index is -3.30. The van der Waals surface area contributed by atoms with E-state index in [9.17, 15) is 13.5 Å². The molecule has 2 aromatic rings. The fourth-order valence-corrected chi connectivity index (χ4v) is 2.18. The Balaban J connectivity index is 2.87. The van der Waals surface area contributed by atoms with Crippen molar-refractivity contribution in [2.24, 2.45) is 0 Å². The number of fused-ring (bicyclic) bond motifs is 1. The number of nitrogens with zero attached hydrogens (tertiary/aromatic N) is 1. The maximum absolute atomic E-state index is 11.3. The maximum Gasteiger partial charge on any atom is 0.236 e. The second-order valence-corrected chi connectivity index (χ2v) is 4.98. The zero-order valence-electron chi connectivity index (χ0n) is 7.51. The van der Waals surface area contributed by atoms with Gasteiger partial charge in [-0.3, -0.25) is 0 Å². The number of benzene rings is 1. The Hall–Kier alpha value is -1.49. The molecule has 4 nitrogen and oxygen atoms in total. The quantitative estimate of drug-likeness (QED) is 0.769. The third-order valence-electron chi connectivity index (χ3n) is 2.00. The summed E-state index contributed by atoms with van der Waals surface area (Å²) in [4.78, 5) is 0. The lowest BCUT2D eigenvalue weighted by Gasteiger charge is -2.01. The highest BCUT2D eigenvalue weighted by atomic mass is 32.2. The number of aromatic hydroxyl groups is 1. The molecule has 0 unspecified atom stereocenters. The van der Waals surface area contributed by atoms with Crippen LogP contribution in [0.5, 0.6) is 5.75 Å². The van der Waals surface area contributed by atoms with E-state index in [0.717, 1.165) is 15.6 Å². The van der Waals surface area contributed by atoms with E-state index in [2.05, 4.69) is 0 Å². The lowest BCUT2D eigenvalue weighted by molar-refractivity contribution is 0.476. The Labute approximate surface area is 81.5 Å². The largest absolute Gasteiger partial charge is 0.508 e. The molecule has 0 spiro atoms. The molecule has 0 amide bonds. The molecular formula is C9H9NO3S. The molecular weight excluding hydrogens is 202 g/mol. The van der Waals surface area contributed by atoms with Crippen molar-refractivity contribution >= 4 is 20.9 Å². The summed E-state index contributed by atoms with van der Waals surface area (Å²) in [6.45, 7) is 0. The van der Waals surface area contributed by atoms with E-state index in [1.807, 2.05) is 0 Å². The van der Waals surface area contributed by atoms with Crippen LogP contribution in [-0.4, -0.2) is 23.8 Å². The third-order valence-corrected chi connectivity index (χ3v) is 3.03. The first-order valence-electron chi connectivity index (χ1n) is 3.99. The second kappa shape index (κ2) is 2.75. The molecule has 2 rings (SSSR count). The molecule has 1 heterocycles. The van der Waals surface area contributed by atoms with Crippen LogP contribution in [0, 0.1) is 0 Å².